The summed E-state index contributed by atoms with van der Waals surface area (Å²) in [6.45, 7) is 6.75. The van der Waals surface area contributed by atoms with Gasteiger partial charge in [0.2, 0.25) is 0 Å². The van der Waals surface area contributed by atoms with Gasteiger partial charge >= 0.3 is 0 Å². The molecule has 0 fully saturated rings. The quantitative estimate of drug-likeness (QED) is 0.774. The summed E-state index contributed by atoms with van der Waals surface area (Å²) in [5, 5.41) is 4.67. The van der Waals surface area contributed by atoms with Gasteiger partial charge in [-0.25, -0.2) is 0 Å². The molecule has 1 aliphatic heterocycles. The molecule has 1 aromatic carbocycles. The standard InChI is InChI=1S/C16H21N3/c1-10(2)12-7-6-8-13-15-14(9-18(4)17-15)11(3)19(5)16(12)13/h6-11H,1-5H3/t11-/m1/s1. The molecule has 19 heavy (non-hydrogen) atoms. The minimum atomic E-state index is 0.371. The first kappa shape index (κ1) is 12.3. The lowest BCUT2D eigenvalue weighted by Gasteiger charge is -2.35. The van der Waals surface area contributed by atoms with Gasteiger partial charge in [-0.1, -0.05) is 32.0 Å². The first-order valence-corrected chi connectivity index (χ1v) is 6.90. The summed E-state index contributed by atoms with van der Waals surface area (Å²) in [6.07, 6.45) is 2.14. The second-order valence-corrected chi connectivity index (χ2v) is 5.79. The number of nitrogens with zero attached hydrogens (tertiary/aromatic N) is 3. The fraction of sp³-hybridized carbons (Fsp3) is 0.438. The smallest absolute Gasteiger partial charge is 0.0996 e. The minimum Gasteiger partial charge on any atom is -0.367 e. The van der Waals surface area contributed by atoms with Crippen LogP contribution in [0.15, 0.2) is 24.4 Å². The highest BCUT2D eigenvalue weighted by Gasteiger charge is 2.30. The Labute approximate surface area is 114 Å². The third-order valence-electron chi connectivity index (χ3n) is 4.19. The van der Waals surface area contributed by atoms with Crippen molar-refractivity contribution in [2.24, 2.45) is 7.05 Å². The minimum absolute atomic E-state index is 0.371. The Bertz CT molecular complexity index is 625. The SMILES string of the molecule is CC(C)c1cccc2c1N(C)[C@H](C)c1cn(C)nc1-2. The fourth-order valence-electron chi connectivity index (χ4n) is 3.04. The van der Waals surface area contributed by atoms with E-state index in [2.05, 4.69) is 62.2 Å². The molecule has 0 aliphatic carbocycles. The molecule has 2 aromatic rings. The molecule has 0 bridgehead atoms. The summed E-state index contributed by atoms with van der Waals surface area (Å²) in [7, 11) is 4.18. The molecule has 0 saturated heterocycles. The number of rotatable bonds is 1. The Balaban J connectivity index is 2.32. The molecule has 0 N–H and O–H groups in total. The predicted molar refractivity (Wildman–Crippen MR) is 79.6 cm³/mol. The van der Waals surface area contributed by atoms with Gasteiger partial charge in [0.05, 0.1) is 11.7 Å². The number of benzene rings is 1. The Morgan fingerprint density at radius 2 is 1.95 bits per heavy atom. The van der Waals surface area contributed by atoms with E-state index in [0.29, 0.717) is 12.0 Å². The summed E-state index contributed by atoms with van der Waals surface area (Å²) in [4.78, 5) is 2.38. The Kier molecular flexibility index (Phi) is 2.66. The van der Waals surface area contributed by atoms with Crippen molar-refractivity contribution in [3.8, 4) is 11.3 Å². The van der Waals surface area contributed by atoms with Crippen LogP contribution in [0.25, 0.3) is 11.3 Å². The number of anilines is 1. The molecule has 0 unspecified atom stereocenters. The maximum atomic E-state index is 4.67. The molecule has 2 heterocycles. The van der Waals surface area contributed by atoms with E-state index in [0.717, 1.165) is 5.69 Å². The van der Waals surface area contributed by atoms with Gasteiger partial charge in [-0.3, -0.25) is 4.68 Å². The number of hydrogen-bond donors (Lipinski definition) is 0. The summed E-state index contributed by atoms with van der Waals surface area (Å²) >= 11 is 0. The largest absolute Gasteiger partial charge is 0.367 e. The van der Waals surface area contributed by atoms with Gasteiger partial charge in [-0.15, -0.1) is 0 Å². The molecular weight excluding hydrogens is 234 g/mol. The van der Waals surface area contributed by atoms with E-state index in [4.69, 9.17) is 0 Å². The highest BCUT2D eigenvalue weighted by atomic mass is 15.3. The van der Waals surface area contributed by atoms with Crippen molar-refractivity contribution in [1.29, 1.82) is 0 Å². The molecule has 1 aliphatic rings. The maximum absolute atomic E-state index is 4.67. The molecule has 1 atom stereocenters. The van der Waals surface area contributed by atoms with Crippen molar-refractivity contribution in [1.82, 2.24) is 9.78 Å². The predicted octanol–water partition coefficient (Wildman–Crippen LogP) is 3.72. The van der Waals surface area contributed by atoms with Crippen LogP contribution in [-0.2, 0) is 7.05 Å². The lowest BCUT2D eigenvalue weighted by Crippen LogP contribution is -2.27. The number of aromatic nitrogens is 2. The Hall–Kier alpha value is -1.77. The monoisotopic (exact) mass is 255 g/mol. The van der Waals surface area contributed by atoms with Crippen molar-refractivity contribution in [2.45, 2.75) is 32.7 Å². The normalized spacial score (nSPS) is 17.6. The van der Waals surface area contributed by atoms with Crippen molar-refractivity contribution in [3.63, 3.8) is 0 Å². The maximum Gasteiger partial charge on any atom is 0.0996 e. The van der Waals surface area contributed by atoms with Crippen molar-refractivity contribution in [2.75, 3.05) is 11.9 Å². The van der Waals surface area contributed by atoms with Crippen LogP contribution in [0.2, 0.25) is 0 Å². The van der Waals surface area contributed by atoms with E-state index in [9.17, 15) is 0 Å². The van der Waals surface area contributed by atoms with E-state index >= 15 is 0 Å². The van der Waals surface area contributed by atoms with Gasteiger partial charge in [-0.05, 0) is 18.4 Å². The first-order valence-electron chi connectivity index (χ1n) is 6.90. The molecular formula is C16H21N3. The molecule has 0 spiro atoms. The average molecular weight is 255 g/mol. The van der Waals surface area contributed by atoms with Crippen LogP contribution in [0.5, 0.6) is 0 Å². The second kappa shape index (κ2) is 4.12. The van der Waals surface area contributed by atoms with Crippen LogP contribution in [0, 0.1) is 0 Å². The summed E-state index contributed by atoms with van der Waals surface area (Å²) < 4.78 is 1.92. The molecule has 3 heteroatoms. The Morgan fingerprint density at radius 3 is 2.63 bits per heavy atom. The summed E-state index contributed by atoms with van der Waals surface area (Å²) in [5.41, 5.74) is 6.48. The summed E-state index contributed by atoms with van der Waals surface area (Å²) in [5.74, 6) is 0.523. The van der Waals surface area contributed by atoms with Gasteiger partial charge in [0, 0.05) is 37.1 Å². The highest BCUT2D eigenvalue weighted by Crippen LogP contribution is 2.46. The third kappa shape index (κ3) is 1.68. The number of fused-ring (bicyclic) bond motifs is 3. The molecule has 3 rings (SSSR count). The van der Waals surface area contributed by atoms with Gasteiger partial charge in [0.1, 0.15) is 0 Å². The van der Waals surface area contributed by atoms with E-state index in [1.54, 1.807) is 0 Å². The van der Waals surface area contributed by atoms with E-state index < -0.39 is 0 Å². The van der Waals surface area contributed by atoms with Crippen LogP contribution in [0.1, 0.15) is 43.9 Å². The Morgan fingerprint density at radius 1 is 1.21 bits per heavy atom. The van der Waals surface area contributed by atoms with Crippen LogP contribution < -0.4 is 4.90 Å². The zero-order valence-corrected chi connectivity index (χ0v) is 12.3. The fourth-order valence-corrected chi connectivity index (χ4v) is 3.04. The number of hydrogen-bond acceptors (Lipinski definition) is 2. The van der Waals surface area contributed by atoms with Crippen molar-refractivity contribution < 1.29 is 0 Å². The van der Waals surface area contributed by atoms with Gasteiger partial charge < -0.3 is 4.90 Å². The van der Waals surface area contributed by atoms with Gasteiger partial charge in [0.15, 0.2) is 0 Å². The van der Waals surface area contributed by atoms with Crippen molar-refractivity contribution >= 4 is 5.69 Å². The summed E-state index contributed by atoms with van der Waals surface area (Å²) in [6, 6.07) is 6.95. The van der Waals surface area contributed by atoms with E-state index in [1.165, 1.54) is 22.4 Å². The number of aryl methyl sites for hydroxylation is 1. The zero-order chi connectivity index (χ0) is 13.7. The number of para-hydroxylation sites is 1. The molecule has 1 aromatic heterocycles. The topological polar surface area (TPSA) is 21.1 Å². The lowest BCUT2D eigenvalue weighted by molar-refractivity contribution is 0.718. The van der Waals surface area contributed by atoms with Crippen LogP contribution >= 0.6 is 0 Å². The highest BCUT2D eigenvalue weighted by molar-refractivity contribution is 5.84. The molecule has 3 nitrogen and oxygen atoms in total. The average Bonchev–Trinajstić information content (AvgIpc) is 2.77. The van der Waals surface area contributed by atoms with Crippen LogP contribution in [-0.4, -0.2) is 16.8 Å². The van der Waals surface area contributed by atoms with E-state index in [-0.39, 0.29) is 0 Å². The molecule has 0 amide bonds. The third-order valence-corrected chi connectivity index (χ3v) is 4.19. The molecule has 0 radical (unpaired) electrons. The van der Waals surface area contributed by atoms with Crippen molar-refractivity contribution in [3.05, 3.63) is 35.5 Å². The molecule has 0 saturated carbocycles. The second-order valence-electron chi connectivity index (χ2n) is 5.79. The first-order chi connectivity index (χ1) is 9.00. The van der Waals surface area contributed by atoms with Crippen LogP contribution in [0.3, 0.4) is 0 Å². The van der Waals surface area contributed by atoms with Gasteiger partial charge in [0.25, 0.3) is 0 Å². The van der Waals surface area contributed by atoms with Gasteiger partial charge in [-0.2, -0.15) is 5.10 Å². The molecule has 100 valence electrons. The zero-order valence-electron chi connectivity index (χ0n) is 12.3. The van der Waals surface area contributed by atoms with Crippen LogP contribution in [0.4, 0.5) is 5.69 Å². The lowest BCUT2D eigenvalue weighted by atomic mass is 9.89. The van der Waals surface area contributed by atoms with E-state index in [1.807, 2.05) is 11.7 Å².